The smallest absolute Gasteiger partial charge is 0.262 e. The lowest BCUT2D eigenvalue weighted by molar-refractivity contribution is -0.116. The first-order valence-corrected chi connectivity index (χ1v) is 11.0. The van der Waals surface area contributed by atoms with E-state index in [9.17, 15) is 9.59 Å². The molecule has 0 aromatic carbocycles. The van der Waals surface area contributed by atoms with Gasteiger partial charge in [-0.2, -0.15) is 5.10 Å². The van der Waals surface area contributed by atoms with Crippen LogP contribution in [0.4, 0.5) is 5.82 Å². The van der Waals surface area contributed by atoms with E-state index >= 15 is 0 Å². The van der Waals surface area contributed by atoms with Gasteiger partial charge in [-0.3, -0.25) is 14.2 Å². The van der Waals surface area contributed by atoms with Crippen LogP contribution < -0.4 is 10.9 Å². The van der Waals surface area contributed by atoms with Gasteiger partial charge in [-0.1, -0.05) is 20.8 Å². The molecule has 30 heavy (non-hydrogen) atoms. The number of hydrogen-bond acceptors (Lipinski definition) is 5. The highest BCUT2D eigenvalue weighted by molar-refractivity contribution is 7.18. The minimum Gasteiger partial charge on any atom is -0.311 e. The average molecular weight is 430 g/mol. The molecule has 8 heteroatoms. The van der Waals surface area contributed by atoms with E-state index in [1.54, 1.807) is 0 Å². The Morgan fingerprint density at radius 1 is 1.17 bits per heavy atom. The molecule has 0 aliphatic carbocycles. The molecule has 0 spiro atoms. The van der Waals surface area contributed by atoms with Gasteiger partial charge >= 0.3 is 0 Å². The summed E-state index contributed by atoms with van der Waals surface area (Å²) in [5.41, 5.74) is 1.40. The van der Waals surface area contributed by atoms with Crippen molar-refractivity contribution in [1.82, 2.24) is 19.3 Å². The summed E-state index contributed by atoms with van der Waals surface area (Å²) in [6.45, 7) is 16.6. The Kier molecular flexibility index (Phi) is 5.66. The molecule has 3 rings (SSSR count). The second-order valence-corrected chi connectivity index (χ2v) is 11.0. The van der Waals surface area contributed by atoms with Crippen LogP contribution in [0.25, 0.3) is 10.2 Å². The summed E-state index contributed by atoms with van der Waals surface area (Å²) < 4.78 is 3.37. The summed E-state index contributed by atoms with van der Waals surface area (Å²) in [4.78, 5) is 31.7. The van der Waals surface area contributed by atoms with Crippen LogP contribution in [0.2, 0.25) is 0 Å². The highest BCUT2D eigenvalue weighted by Crippen LogP contribution is 2.28. The highest BCUT2D eigenvalue weighted by Gasteiger charge is 2.25. The molecule has 1 amide bonds. The monoisotopic (exact) mass is 429 g/mol. The normalized spacial score (nSPS) is 12.5. The Morgan fingerprint density at radius 2 is 1.83 bits per heavy atom. The fourth-order valence-electron chi connectivity index (χ4n) is 3.20. The molecule has 3 aromatic rings. The van der Waals surface area contributed by atoms with E-state index in [4.69, 9.17) is 5.10 Å². The maximum Gasteiger partial charge on any atom is 0.262 e. The molecule has 1 N–H and O–H groups in total. The number of aryl methyl sites for hydroxylation is 3. The van der Waals surface area contributed by atoms with Crippen molar-refractivity contribution < 1.29 is 4.79 Å². The summed E-state index contributed by atoms with van der Waals surface area (Å²) in [7, 11) is 0. The van der Waals surface area contributed by atoms with Gasteiger partial charge in [-0.15, -0.1) is 11.3 Å². The summed E-state index contributed by atoms with van der Waals surface area (Å²) in [6, 6.07) is 1.93. The first kappa shape index (κ1) is 22.2. The number of rotatable bonds is 4. The topological polar surface area (TPSA) is 81.8 Å². The molecule has 162 valence electrons. The second-order valence-electron chi connectivity index (χ2n) is 9.75. The molecule has 3 aromatic heterocycles. The van der Waals surface area contributed by atoms with E-state index in [0.717, 1.165) is 21.0 Å². The number of thiophene rings is 1. The quantitative estimate of drug-likeness (QED) is 0.668. The van der Waals surface area contributed by atoms with Crippen molar-refractivity contribution in [2.75, 3.05) is 5.32 Å². The van der Waals surface area contributed by atoms with Gasteiger partial charge in [0.15, 0.2) is 0 Å². The average Bonchev–Trinajstić information content (AvgIpc) is 3.16. The molecular formula is C22H31N5O2S. The van der Waals surface area contributed by atoms with Gasteiger partial charge in [0.05, 0.1) is 22.9 Å². The summed E-state index contributed by atoms with van der Waals surface area (Å²) in [5, 5.41) is 8.36. The highest BCUT2D eigenvalue weighted by atomic mass is 32.1. The van der Waals surface area contributed by atoms with Crippen LogP contribution >= 0.6 is 11.3 Å². The number of carbonyl (C=O) groups is 1. The molecule has 0 fully saturated rings. The van der Waals surface area contributed by atoms with Crippen LogP contribution in [0, 0.1) is 13.8 Å². The van der Waals surface area contributed by atoms with Crippen molar-refractivity contribution in [2.45, 2.75) is 79.3 Å². The van der Waals surface area contributed by atoms with Crippen LogP contribution in [0.15, 0.2) is 17.2 Å². The maximum absolute atomic E-state index is 12.8. The Labute approximate surface area is 181 Å². The number of anilines is 1. The summed E-state index contributed by atoms with van der Waals surface area (Å²) in [5.74, 6) is 0.508. The Hall–Kier alpha value is -2.48. The molecule has 0 bridgehead atoms. The minimum absolute atomic E-state index is 0.0931. The van der Waals surface area contributed by atoms with Crippen molar-refractivity contribution in [3.05, 3.63) is 38.9 Å². The van der Waals surface area contributed by atoms with Crippen molar-refractivity contribution >= 4 is 33.3 Å². The van der Waals surface area contributed by atoms with E-state index in [1.165, 1.54) is 22.2 Å². The molecular weight excluding hydrogens is 398 g/mol. The van der Waals surface area contributed by atoms with E-state index in [0.29, 0.717) is 11.2 Å². The fourth-order valence-corrected chi connectivity index (χ4v) is 4.19. The van der Waals surface area contributed by atoms with Gasteiger partial charge in [0, 0.05) is 29.3 Å². The van der Waals surface area contributed by atoms with Gasteiger partial charge in [-0.25, -0.2) is 9.67 Å². The first-order chi connectivity index (χ1) is 13.8. The summed E-state index contributed by atoms with van der Waals surface area (Å²) in [6.07, 6.45) is 1.71. The number of aromatic nitrogens is 4. The Morgan fingerprint density at radius 3 is 2.43 bits per heavy atom. The third kappa shape index (κ3) is 4.33. The van der Waals surface area contributed by atoms with Crippen LogP contribution in [-0.4, -0.2) is 25.2 Å². The molecule has 0 unspecified atom stereocenters. The number of carbonyl (C=O) groups excluding carboxylic acids is 1. The lowest BCUT2D eigenvalue weighted by atomic mass is 9.92. The molecule has 0 aliphatic heterocycles. The van der Waals surface area contributed by atoms with E-state index < -0.39 is 0 Å². The minimum atomic E-state index is -0.271. The SMILES string of the molecule is Cc1sc2ncn(CCC(=O)Nc3cc(C(C)(C)C)nn3C(C)(C)C)c(=O)c2c1C. The van der Waals surface area contributed by atoms with Crippen molar-refractivity contribution in [2.24, 2.45) is 0 Å². The zero-order chi connectivity index (χ0) is 22.4. The molecule has 3 heterocycles. The van der Waals surface area contributed by atoms with E-state index in [-0.39, 0.29) is 35.4 Å². The van der Waals surface area contributed by atoms with E-state index in [2.05, 4.69) is 31.1 Å². The van der Waals surface area contributed by atoms with Crippen LogP contribution in [0.5, 0.6) is 0 Å². The van der Waals surface area contributed by atoms with Crippen LogP contribution in [0.3, 0.4) is 0 Å². The number of nitrogens with zero attached hydrogens (tertiary/aromatic N) is 4. The zero-order valence-corrected chi connectivity index (χ0v) is 19.9. The Bertz CT molecular complexity index is 1160. The molecule has 0 radical (unpaired) electrons. The third-order valence-corrected chi connectivity index (χ3v) is 6.23. The number of amides is 1. The molecule has 0 atom stereocenters. The zero-order valence-electron chi connectivity index (χ0n) is 19.1. The number of fused-ring (bicyclic) bond motifs is 1. The lowest BCUT2D eigenvalue weighted by Crippen LogP contribution is -2.28. The van der Waals surface area contributed by atoms with Gasteiger partial charge in [0.1, 0.15) is 10.6 Å². The van der Waals surface area contributed by atoms with Crippen molar-refractivity contribution in [1.29, 1.82) is 0 Å². The molecule has 0 aliphatic rings. The largest absolute Gasteiger partial charge is 0.311 e. The predicted octanol–water partition coefficient (Wildman–Crippen LogP) is 4.35. The van der Waals surface area contributed by atoms with Gasteiger partial charge < -0.3 is 5.32 Å². The van der Waals surface area contributed by atoms with Gasteiger partial charge in [0.2, 0.25) is 5.91 Å². The fraction of sp³-hybridized carbons (Fsp3) is 0.545. The predicted molar refractivity (Wildman–Crippen MR) is 123 cm³/mol. The number of hydrogen-bond donors (Lipinski definition) is 1. The van der Waals surface area contributed by atoms with Crippen molar-refractivity contribution in [3.8, 4) is 0 Å². The van der Waals surface area contributed by atoms with Gasteiger partial charge in [0.25, 0.3) is 5.56 Å². The maximum atomic E-state index is 12.8. The lowest BCUT2D eigenvalue weighted by Gasteiger charge is -2.23. The standard InChI is InChI=1S/C22H31N5O2S/c1-13-14(2)30-19-18(13)20(29)26(12-23-19)10-9-17(28)24-16-11-15(21(3,4)5)25-27(16)22(6,7)8/h11-12H,9-10H2,1-8H3,(H,24,28). The van der Waals surface area contributed by atoms with Crippen LogP contribution in [0.1, 0.15) is 64.1 Å². The van der Waals surface area contributed by atoms with E-state index in [1.807, 2.05) is 45.4 Å². The van der Waals surface area contributed by atoms with Gasteiger partial charge in [-0.05, 0) is 40.2 Å². The molecule has 0 saturated carbocycles. The molecule has 7 nitrogen and oxygen atoms in total. The van der Waals surface area contributed by atoms with Crippen LogP contribution in [-0.2, 0) is 22.3 Å². The third-order valence-electron chi connectivity index (χ3n) is 5.12. The van der Waals surface area contributed by atoms with Crippen molar-refractivity contribution in [3.63, 3.8) is 0 Å². The second kappa shape index (κ2) is 7.65. The number of nitrogens with one attached hydrogen (secondary N) is 1. The first-order valence-electron chi connectivity index (χ1n) is 10.1. The Balaban J connectivity index is 1.79. The summed E-state index contributed by atoms with van der Waals surface area (Å²) >= 11 is 1.52. The molecule has 0 saturated heterocycles.